The molecule has 0 saturated carbocycles. The van der Waals surface area contributed by atoms with E-state index in [1.807, 2.05) is 62.6 Å². The third-order valence-corrected chi connectivity index (χ3v) is 12.7. The van der Waals surface area contributed by atoms with Gasteiger partial charge in [-0.25, -0.2) is 4.98 Å². The molecule has 0 unspecified atom stereocenters. The molecule has 7 aromatic rings. The van der Waals surface area contributed by atoms with Crippen molar-refractivity contribution in [2.24, 2.45) is 14.1 Å². The number of benzene rings is 3. The highest BCUT2D eigenvalue weighted by molar-refractivity contribution is 6.35. The molecule has 11 heteroatoms. The van der Waals surface area contributed by atoms with Crippen molar-refractivity contribution in [1.29, 1.82) is 0 Å². The Morgan fingerprint density at radius 1 is 0.945 bits per heavy atom. The molecule has 0 radical (unpaired) electrons. The quantitative estimate of drug-likeness (QED) is 0.144. The molecule has 282 valence electrons. The molecule has 0 spiro atoms. The Balaban J connectivity index is 1.16. The smallest absolute Gasteiger partial charge is 0.275 e. The van der Waals surface area contributed by atoms with Gasteiger partial charge >= 0.3 is 0 Å². The normalized spacial score (nSPS) is 15.5. The van der Waals surface area contributed by atoms with E-state index in [1.54, 1.807) is 0 Å². The zero-order valence-corrected chi connectivity index (χ0v) is 33.9. The number of nitrogens with zero attached hydrogens (tertiary/aromatic N) is 7. The zero-order valence-electron chi connectivity index (χ0n) is 32.4. The number of fused-ring (bicyclic) bond motifs is 5. The molecule has 9 nitrogen and oxygen atoms in total. The molecule has 3 aromatic carbocycles. The molecule has 0 aliphatic carbocycles. The number of rotatable bonds is 8. The van der Waals surface area contributed by atoms with Gasteiger partial charge in [-0.1, -0.05) is 35.3 Å². The summed E-state index contributed by atoms with van der Waals surface area (Å²) in [5.74, 6) is 1.92. The van der Waals surface area contributed by atoms with E-state index in [0.717, 1.165) is 114 Å². The van der Waals surface area contributed by atoms with Crippen LogP contribution in [0.2, 0.25) is 10.0 Å². The number of aryl methyl sites for hydroxylation is 8. The van der Waals surface area contributed by atoms with Gasteiger partial charge in [0.2, 0.25) is 0 Å². The Hall–Kier alpha value is -4.99. The first-order chi connectivity index (χ1) is 26.4. The Bertz CT molecular complexity index is 2670. The summed E-state index contributed by atoms with van der Waals surface area (Å²) in [6.45, 7) is 12.3. The van der Waals surface area contributed by atoms with Crippen molar-refractivity contribution >= 4 is 56.6 Å². The first kappa shape index (κ1) is 35.7. The van der Waals surface area contributed by atoms with Gasteiger partial charge in [0.05, 0.1) is 34.2 Å². The summed E-state index contributed by atoms with van der Waals surface area (Å²) in [4.78, 5) is 22.2. The van der Waals surface area contributed by atoms with Crippen LogP contribution >= 0.6 is 23.2 Å². The molecule has 0 saturated heterocycles. The van der Waals surface area contributed by atoms with Crippen LogP contribution in [0.1, 0.15) is 70.2 Å². The van der Waals surface area contributed by atoms with Crippen molar-refractivity contribution in [3.05, 3.63) is 105 Å². The first-order valence-electron chi connectivity index (χ1n) is 19.1. The predicted molar refractivity (Wildman–Crippen MR) is 222 cm³/mol. The van der Waals surface area contributed by atoms with Crippen LogP contribution in [0.4, 0.5) is 5.69 Å². The Morgan fingerprint density at radius 3 is 2.45 bits per heavy atom. The topological polar surface area (TPSA) is 75.0 Å². The fraction of sp³-hybridized carbons (Fsp3) is 0.341. The van der Waals surface area contributed by atoms with Crippen molar-refractivity contribution < 1.29 is 9.53 Å². The van der Waals surface area contributed by atoms with Gasteiger partial charge in [0, 0.05) is 95.7 Å². The molecule has 0 fully saturated rings. The summed E-state index contributed by atoms with van der Waals surface area (Å²) < 4.78 is 14.8. The fourth-order valence-corrected chi connectivity index (χ4v) is 9.43. The van der Waals surface area contributed by atoms with Crippen LogP contribution in [0.15, 0.2) is 54.9 Å². The van der Waals surface area contributed by atoms with Crippen LogP contribution in [0, 0.1) is 27.7 Å². The van der Waals surface area contributed by atoms with Crippen LogP contribution in [-0.4, -0.2) is 47.5 Å². The number of aromatic nitrogens is 6. The van der Waals surface area contributed by atoms with Crippen LogP contribution in [0.5, 0.6) is 5.75 Å². The van der Waals surface area contributed by atoms with Gasteiger partial charge in [-0.2, -0.15) is 5.10 Å². The third-order valence-electron chi connectivity index (χ3n) is 11.8. The molecule has 55 heavy (non-hydrogen) atoms. The molecular formula is C44H45Cl2N7O2. The summed E-state index contributed by atoms with van der Waals surface area (Å²) in [6.07, 6.45) is 7.77. The Labute approximate surface area is 331 Å². The maximum absolute atomic E-state index is 15.3. The van der Waals surface area contributed by atoms with E-state index in [-0.39, 0.29) is 11.9 Å². The molecule has 9 rings (SSSR count). The van der Waals surface area contributed by atoms with E-state index in [2.05, 4.69) is 64.2 Å². The summed E-state index contributed by atoms with van der Waals surface area (Å²) >= 11 is 13.6. The van der Waals surface area contributed by atoms with E-state index in [9.17, 15) is 0 Å². The number of hydrogen-bond acceptors (Lipinski definition) is 4. The molecule has 0 bridgehead atoms. The molecule has 6 heterocycles. The number of imidazole rings is 1. The minimum Gasteiger partial charge on any atom is -0.494 e. The van der Waals surface area contributed by atoms with Crippen molar-refractivity contribution in [2.45, 2.75) is 72.9 Å². The molecular weight excluding hydrogens is 729 g/mol. The second kappa shape index (κ2) is 13.3. The van der Waals surface area contributed by atoms with Crippen LogP contribution in [0.25, 0.3) is 44.2 Å². The number of carbonyl (C=O) groups excluding carboxylic acids is 1. The molecule has 2 aliphatic rings. The number of hydrogen-bond donors (Lipinski definition) is 0. The van der Waals surface area contributed by atoms with Gasteiger partial charge in [-0.05, 0) is 101 Å². The Morgan fingerprint density at radius 2 is 1.73 bits per heavy atom. The maximum atomic E-state index is 15.3. The van der Waals surface area contributed by atoms with Crippen molar-refractivity contribution in [3.8, 4) is 28.1 Å². The van der Waals surface area contributed by atoms with Crippen LogP contribution in [0.3, 0.4) is 0 Å². The van der Waals surface area contributed by atoms with E-state index in [4.69, 9.17) is 38.0 Å². The van der Waals surface area contributed by atoms with E-state index in [0.29, 0.717) is 36.7 Å². The molecule has 1 amide bonds. The summed E-state index contributed by atoms with van der Waals surface area (Å²) in [6, 6.07) is 14.5. The lowest BCUT2D eigenvalue weighted by Crippen LogP contribution is -2.42. The minimum absolute atomic E-state index is 0.0188. The standard InChI is InChI=1S/C44H45Cl2N7O2/c1-24-18-30(19-25(2)41(24)46)55-17-9-10-31-32-13-14-34(45)40(39-27(4)48-50(7)28(39)5)42(32)53-26(3)21-52(44(54)43(31)53)37-23-49(6)36-15-12-29(20-33(36)37)35-22-51-16-8-11-38(51)47-35/h12-15,18-20,22-23,26H,8-11,16-17,21H2,1-7H3/t26-/m1/s1. The third kappa shape index (κ3) is 5.69. The van der Waals surface area contributed by atoms with E-state index < -0.39 is 0 Å². The molecule has 0 N–H and O–H groups in total. The Kier molecular flexibility index (Phi) is 8.66. The highest BCUT2D eigenvalue weighted by Crippen LogP contribution is 2.46. The number of anilines is 1. The number of amides is 1. The molecule has 4 aromatic heterocycles. The van der Waals surface area contributed by atoms with E-state index >= 15 is 4.79 Å². The van der Waals surface area contributed by atoms with Crippen molar-refractivity contribution in [3.63, 3.8) is 0 Å². The lowest BCUT2D eigenvalue weighted by Gasteiger charge is -2.34. The van der Waals surface area contributed by atoms with Crippen molar-refractivity contribution in [2.75, 3.05) is 18.1 Å². The number of halogens is 2. The number of carbonyl (C=O) groups is 1. The molecule has 1 atom stereocenters. The van der Waals surface area contributed by atoms with E-state index in [1.165, 1.54) is 0 Å². The second-order valence-corrected chi connectivity index (χ2v) is 16.3. The predicted octanol–water partition coefficient (Wildman–Crippen LogP) is 10.1. The summed E-state index contributed by atoms with van der Waals surface area (Å²) in [5, 5.41) is 8.23. The summed E-state index contributed by atoms with van der Waals surface area (Å²) in [5.41, 5.74) is 12.5. The summed E-state index contributed by atoms with van der Waals surface area (Å²) in [7, 11) is 4.01. The second-order valence-electron chi connectivity index (χ2n) is 15.5. The number of ether oxygens (including phenoxy) is 1. The fourth-order valence-electron chi connectivity index (χ4n) is 9.08. The van der Waals surface area contributed by atoms with Crippen LogP contribution in [-0.2, 0) is 33.5 Å². The van der Waals surface area contributed by atoms with Gasteiger partial charge in [0.15, 0.2) is 0 Å². The average molecular weight is 775 g/mol. The van der Waals surface area contributed by atoms with Gasteiger partial charge in [0.25, 0.3) is 5.91 Å². The largest absolute Gasteiger partial charge is 0.494 e. The van der Waals surface area contributed by atoms with Gasteiger partial charge in [-0.15, -0.1) is 0 Å². The van der Waals surface area contributed by atoms with Gasteiger partial charge in [-0.3, -0.25) is 9.48 Å². The zero-order chi connectivity index (χ0) is 38.4. The maximum Gasteiger partial charge on any atom is 0.275 e. The highest BCUT2D eigenvalue weighted by atomic mass is 35.5. The van der Waals surface area contributed by atoms with Gasteiger partial charge in [0.1, 0.15) is 17.3 Å². The minimum atomic E-state index is -0.0516. The lowest BCUT2D eigenvalue weighted by molar-refractivity contribution is 0.0957. The lowest BCUT2D eigenvalue weighted by atomic mass is 9.98. The van der Waals surface area contributed by atoms with Crippen LogP contribution < -0.4 is 9.64 Å². The SMILES string of the molecule is Cc1cc(OCCCc2c3n(c4c(-c5c(C)nn(C)c5C)c(Cl)ccc24)[C@H](C)CN(c2cn(C)c4ccc(-c5cn6c(n5)CCC6)cc24)C3=O)cc(C)c1Cl. The average Bonchev–Trinajstić information content (AvgIpc) is 3.96. The van der Waals surface area contributed by atoms with Crippen molar-refractivity contribution in [1.82, 2.24) is 28.5 Å². The molecule has 2 aliphatic heterocycles. The highest BCUT2D eigenvalue weighted by Gasteiger charge is 2.37. The van der Waals surface area contributed by atoms with Gasteiger partial charge < -0.3 is 23.3 Å². The monoisotopic (exact) mass is 773 g/mol. The first-order valence-corrected chi connectivity index (χ1v) is 19.9.